The first-order valence-corrected chi connectivity index (χ1v) is 7.49. The molecule has 110 valence electrons. The largest absolute Gasteiger partial charge is 0.457 e. The molecule has 3 rings (SSSR count). The minimum atomic E-state index is -0.364. The van der Waals surface area contributed by atoms with E-state index < -0.39 is 0 Å². The van der Waals surface area contributed by atoms with E-state index in [4.69, 9.17) is 27.9 Å². The third-order valence-electron chi connectivity index (χ3n) is 3.34. The molecule has 2 nitrogen and oxygen atoms in total. The molecule has 3 aromatic carbocycles. The predicted octanol–water partition coefficient (Wildman–Crippen LogP) is 5.50. The van der Waals surface area contributed by atoms with E-state index in [1.54, 1.807) is 24.3 Å². The third kappa shape index (κ3) is 3.24. The number of rotatable bonds is 3. The fourth-order valence-electron chi connectivity index (χ4n) is 2.18. The van der Waals surface area contributed by atoms with E-state index in [0.29, 0.717) is 15.6 Å². The summed E-state index contributed by atoms with van der Waals surface area (Å²) in [4.78, 5) is 12.1. The van der Waals surface area contributed by atoms with Gasteiger partial charge in [0.2, 0.25) is 0 Å². The van der Waals surface area contributed by atoms with Crippen molar-refractivity contribution in [1.29, 1.82) is 0 Å². The Hall–Kier alpha value is -2.03. The van der Waals surface area contributed by atoms with E-state index in [1.807, 2.05) is 36.4 Å². The van der Waals surface area contributed by atoms with E-state index in [0.717, 1.165) is 16.3 Å². The Morgan fingerprint density at radius 1 is 0.864 bits per heavy atom. The van der Waals surface area contributed by atoms with Crippen molar-refractivity contribution in [3.05, 3.63) is 81.8 Å². The Morgan fingerprint density at radius 2 is 1.64 bits per heavy atom. The van der Waals surface area contributed by atoms with E-state index >= 15 is 0 Å². The molecule has 0 saturated carbocycles. The Labute approximate surface area is 138 Å². The van der Waals surface area contributed by atoms with Gasteiger partial charge in [0.15, 0.2) is 0 Å². The molecule has 0 spiro atoms. The second-order valence-electron chi connectivity index (χ2n) is 4.89. The van der Waals surface area contributed by atoms with Gasteiger partial charge in [-0.25, -0.2) is 4.79 Å². The van der Waals surface area contributed by atoms with E-state index in [-0.39, 0.29) is 12.6 Å². The number of hydrogen-bond donors (Lipinski definition) is 0. The lowest BCUT2D eigenvalue weighted by Crippen LogP contribution is -2.05. The van der Waals surface area contributed by atoms with Crippen LogP contribution in [0.3, 0.4) is 0 Å². The Kier molecular flexibility index (Phi) is 4.32. The fraction of sp³-hybridized carbons (Fsp3) is 0.0556. The number of ether oxygens (including phenoxy) is 1. The predicted molar refractivity (Wildman–Crippen MR) is 89.5 cm³/mol. The van der Waals surface area contributed by atoms with Crippen molar-refractivity contribution in [1.82, 2.24) is 0 Å². The molecule has 0 atom stereocenters. The molecule has 0 aliphatic heterocycles. The summed E-state index contributed by atoms with van der Waals surface area (Å²) in [5.41, 5.74) is 1.32. The highest BCUT2D eigenvalue weighted by Gasteiger charge is 2.09. The number of carbonyl (C=O) groups excluding carboxylic acids is 1. The molecule has 0 amide bonds. The van der Waals surface area contributed by atoms with Crippen molar-refractivity contribution in [3.8, 4) is 0 Å². The van der Waals surface area contributed by atoms with Gasteiger partial charge in [-0.2, -0.15) is 0 Å². The standard InChI is InChI=1S/C18H12Cl2O2/c19-16-8-5-12(9-17(16)20)11-22-18(21)15-7-6-13-3-1-2-4-14(13)10-15/h1-10H,11H2. The van der Waals surface area contributed by atoms with Crippen LogP contribution < -0.4 is 0 Å². The molecule has 0 fully saturated rings. The highest BCUT2D eigenvalue weighted by molar-refractivity contribution is 6.42. The van der Waals surface area contributed by atoms with Gasteiger partial charge in [-0.15, -0.1) is 0 Å². The third-order valence-corrected chi connectivity index (χ3v) is 4.08. The molecule has 0 bridgehead atoms. The number of esters is 1. The molecule has 4 heteroatoms. The molecule has 0 aliphatic carbocycles. The molecule has 22 heavy (non-hydrogen) atoms. The van der Waals surface area contributed by atoms with Crippen molar-refractivity contribution in [2.24, 2.45) is 0 Å². The number of fused-ring (bicyclic) bond motifs is 1. The van der Waals surface area contributed by atoms with Gasteiger partial charge in [0.05, 0.1) is 15.6 Å². The smallest absolute Gasteiger partial charge is 0.338 e. The Balaban J connectivity index is 1.74. The summed E-state index contributed by atoms with van der Waals surface area (Å²) in [5, 5.41) is 3.02. The Morgan fingerprint density at radius 3 is 2.41 bits per heavy atom. The van der Waals surface area contributed by atoms with Crippen LogP contribution in [0.5, 0.6) is 0 Å². The van der Waals surface area contributed by atoms with Crippen LogP contribution in [0.15, 0.2) is 60.7 Å². The van der Waals surface area contributed by atoms with Crippen LogP contribution in [0.2, 0.25) is 10.0 Å². The highest BCUT2D eigenvalue weighted by Crippen LogP contribution is 2.23. The molecule has 0 aromatic heterocycles. The number of carbonyl (C=O) groups is 1. The second kappa shape index (κ2) is 6.39. The van der Waals surface area contributed by atoms with E-state index in [1.165, 1.54) is 0 Å². The molecule has 0 aliphatic rings. The maximum absolute atomic E-state index is 12.1. The summed E-state index contributed by atoms with van der Waals surface area (Å²) < 4.78 is 5.32. The van der Waals surface area contributed by atoms with Crippen LogP contribution in [-0.2, 0) is 11.3 Å². The van der Waals surface area contributed by atoms with Gasteiger partial charge >= 0.3 is 5.97 Å². The fourth-order valence-corrected chi connectivity index (χ4v) is 2.50. The molecule has 0 radical (unpaired) electrons. The molecular formula is C18H12Cl2O2. The topological polar surface area (TPSA) is 26.3 Å². The van der Waals surface area contributed by atoms with Crippen LogP contribution >= 0.6 is 23.2 Å². The summed E-state index contributed by atoms with van der Waals surface area (Å²) in [5.74, 6) is -0.364. The molecule has 0 N–H and O–H groups in total. The lowest BCUT2D eigenvalue weighted by atomic mass is 10.1. The lowest BCUT2D eigenvalue weighted by molar-refractivity contribution is 0.0473. The average molecular weight is 331 g/mol. The second-order valence-corrected chi connectivity index (χ2v) is 5.70. The summed E-state index contributed by atoms with van der Waals surface area (Å²) in [7, 11) is 0. The van der Waals surface area contributed by atoms with Crippen molar-refractivity contribution >= 4 is 39.9 Å². The molecular weight excluding hydrogens is 319 g/mol. The first-order valence-electron chi connectivity index (χ1n) is 6.73. The zero-order valence-corrected chi connectivity index (χ0v) is 13.1. The van der Waals surface area contributed by atoms with E-state index in [9.17, 15) is 4.79 Å². The first kappa shape index (κ1) is 14.9. The highest BCUT2D eigenvalue weighted by atomic mass is 35.5. The maximum Gasteiger partial charge on any atom is 0.338 e. The summed E-state index contributed by atoms with van der Waals surface area (Å²) in [6, 6.07) is 18.5. The molecule has 0 heterocycles. The SMILES string of the molecule is O=C(OCc1ccc(Cl)c(Cl)c1)c1ccc2ccccc2c1. The number of hydrogen-bond acceptors (Lipinski definition) is 2. The maximum atomic E-state index is 12.1. The van der Waals surface area contributed by atoms with Gasteiger partial charge in [-0.05, 0) is 40.6 Å². The van der Waals surface area contributed by atoms with Gasteiger partial charge in [0, 0.05) is 0 Å². The minimum Gasteiger partial charge on any atom is -0.457 e. The van der Waals surface area contributed by atoms with Crippen molar-refractivity contribution in [2.75, 3.05) is 0 Å². The zero-order chi connectivity index (χ0) is 15.5. The number of halogens is 2. The zero-order valence-electron chi connectivity index (χ0n) is 11.6. The quantitative estimate of drug-likeness (QED) is 0.592. The first-order chi connectivity index (χ1) is 10.6. The van der Waals surface area contributed by atoms with Crippen LogP contribution in [0.4, 0.5) is 0 Å². The molecule has 0 saturated heterocycles. The van der Waals surface area contributed by atoms with Crippen LogP contribution in [0.1, 0.15) is 15.9 Å². The summed E-state index contributed by atoms with van der Waals surface area (Å²) in [6.07, 6.45) is 0. The van der Waals surface area contributed by atoms with Crippen LogP contribution in [0.25, 0.3) is 10.8 Å². The summed E-state index contributed by atoms with van der Waals surface area (Å²) >= 11 is 11.8. The van der Waals surface area contributed by atoms with E-state index in [2.05, 4.69) is 0 Å². The number of benzene rings is 3. The van der Waals surface area contributed by atoms with Gasteiger partial charge in [-0.3, -0.25) is 0 Å². The van der Waals surface area contributed by atoms with Gasteiger partial charge in [-0.1, -0.05) is 59.6 Å². The van der Waals surface area contributed by atoms with Crippen molar-refractivity contribution in [2.45, 2.75) is 6.61 Å². The van der Waals surface area contributed by atoms with Crippen LogP contribution in [-0.4, -0.2) is 5.97 Å². The normalized spacial score (nSPS) is 10.6. The monoisotopic (exact) mass is 330 g/mol. The van der Waals surface area contributed by atoms with Gasteiger partial charge < -0.3 is 4.74 Å². The lowest BCUT2D eigenvalue weighted by Gasteiger charge is -2.07. The molecule has 0 unspecified atom stereocenters. The minimum absolute atomic E-state index is 0.155. The van der Waals surface area contributed by atoms with Gasteiger partial charge in [0.1, 0.15) is 6.61 Å². The van der Waals surface area contributed by atoms with Crippen molar-refractivity contribution < 1.29 is 9.53 Å². The van der Waals surface area contributed by atoms with Crippen molar-refractivity contribution in [3.63, 3.8) is 0 Å². The molecule has 3 aromatic rings. The Bertz CT molecular complexity index is 843. The summed E-state index contributed by atoms with van der Waals surface area (Å²) in [6.45, 7) is 0.155. The van der Waals surface area contributed by atoms with Crippen LogP contribution in [0, 0.1) is 0 Å². The van der Waals surface area contributed by atoms with Gasteiger partial charge in [0.25, 0.3) is 0 Å². The average Bonchev–Trinajstić information content (AvgIpc) is 2.55.